The molecule has 0 bridgehead atoms. The maximum Gasteiger partial charge on any atom is 0.235 e. The SMILES string of the molecule is CC(C)[C@@H]1CC[C@@H](C)CC1N=C=O. The molecule has 0 N–H and O–H groups in total. The first kappa shape index (κ1) is 10.5. The lowest BCUT2D eigenvalue weighted by Crippen LogP contribution is -2.30. The molecule has 13 heavy (non-hydrogen) atoms. The lowest BCUT2D eigenvalue weighted by Gasteiger charge is -2.33. The van der Waals surface area contributed by atoms with Gasteiger partial charge < -0.3 is 0 Å². The Bertz CT molecular complexity index is 206. The van der Waals surface area contributed by atoms with Gasteiger partial charge in [-0.2, -0.15) is 0 Å². The Morgan fingerprint density at radius 3 is 2.62 bits per heavy atom. The van der Waals surface area contributed by atoms with Gasteiger partial charge in [0.2, 0.25) is 6.08 Å². The lowest BCUT2D eigenvalue weighted by molar-refractivity contribution is 0.201. The second kappa shape index (κ2) is 4.57. The van der Waals surface area contributed by atoms with Crippen LogP contribution in [0, 0.1) is 17.8 Å². The molecule has 0 aliphatic heterocycles. The van der Waals surface area contributed by atoms with Crippen molar-refractivity contribution in [3.05, 3.63) is 0 Å². The lowest BCUT2D eigenvalue weighted by atomic mass is 9.74. The van der Waals surface area contributed by atoms with E-state index in [2.05, 4.69) is 25.8 Å². The highest BCUT2D eigenvalue weighted by molar-refractivity contribution is 5.33. The minimum atomic E-state index is 0.237. The molecule has 1 saturated carbocycles. The smallest absolute Gasteiger partial charge is 0.211 e. The van der Waals surface area contributed by atoms with Gasteiger partial charge in [-0.1, -0.05) is 27.2 Å². The summed E-state index contributed by atoms with van der Waals surface area (Å²) in [5.74, 6) is 1.95. The van der Waals surface area contributed by atoms with Crippen molar-refractivity contribution in [2.24, 2.45) is 22.7 Å². The van der Waals surface area contributed by atoms with Gasteiger partial charge >= 0.3 is 0 Å². The van der Waals surface area contributed by atoms with E-state index in [0.29, 0.717) is 11.8 Å². The van der Waals surface area contributed by atoms with Crippen molar-refractivity contribution in [2.45, 2.75) is 46.1 Å². The summed E-state index contributed by atoms with van der Waals surface area (Å²) in [7, 11) is 0. The number of aliphatic imine (C=N–C) groups is 1. The van der Waals surface area contributed by atoms with Gasteiger partial charge in [-0.15, -0.1) is 0 Å². The average Bonchev–Trinajstić information content (AvgIpc) is 2.04. The molecule has 1 aliphatic carbocycles. The third kappa shape index (κ3) is 2.67. The highest BCUT2D eigenvalue weighted by Gasteiger charge is 2.30. The van der Waals surface area contributed by atoms with E-state index in [1.54, 1.807) is 6.08 Å². The molecule has 1 unspecified atom stereocenters. The Labute approximate surface area is 80.4 Å². The van der Waals surface area contributed by atoms with Crippen LogP contribution in [-0.2, 0) is 4.79 Å². The van der Waals surface area contributed by atoms with Crippen LogP contribution in [0.15, 0.2) is 4.99 Å². The molecule has 0 amide bonds. The van der Waals surface area contributed by atoms with Gasteiger partial charge in [-0.25, -0.2) is 9.79 Å². The van der Waals surface area contributed by atoms with Gasteiger partial charge in [0.1, 0.15) is 0 Å². The van der Waals surface area contributed by atoms with Crippen molar-refractivity contribution in [1.29, 1.82) is 0 Å². The van der Waals surface area contributed by atoms with Crippen LogP contribution in [0.25, 0.3) is 0 Å². The first-order valence-corrected chi connectivity index (χ1v) is 5.22. The van der Waals surface area contributed by atoms with Crippen LogP contribution in [0.2, 0.25) is 0 Å². The maximum absolute atomic E-state index is 10.3. The molecule has 1 fully saturated rings. The van der Waals surface area contributed by atoms with Crippen molar-refractivity contribution < 1.29 is 4.79 Å². The first-order valence-electron chi connectivity index (χ1n) is 5.22. The van der Waals surface area contributed by atoms with Crippen LogP contribution < -0.4 is 0 Å². The third-order valence-electron chi connectivity index (χ3n) is 3.21. The van der Waals surface area contributed by atoms with Crippen LogP contribution in [0.4, 0.5) is 0 Å². The minimum Gasteiger partial charge on any atom is -0.211 e. The molecule has 3 atom stereocenters. The number of nitrogens with zero attached hydrogens (tertiary/aromatic N) is 1. The van der Waals surface area contributed by atoms with E-state index in [9.17, 15) is 4.79 Å². The molecule has 74 valence electrons. The van der Waals surface area contributed by atoms with Crippen molar-refractivity contribution in [3.8, 4) is 0 Å². The van der Waals surface area contributed by atoms with Gasteiger partial charge in [-0.3, -0.25) is 0 Å². The van der Waals surface area contributed by atoms with E-state index in [-0.39, 0.29) is 6.04 Å². The van der Waals surface area contributed by atoms with E-state index in [1.807, 2.05) is 0 Å². The van der Waals surface area contributed by atoms with E-state index in [0.717, 1.165) is 12.3 Å². The molecule has 0 spiro atoms. The Balaban J connectivity index is 2.65. The van der Waals surface area contributed by atoms with Crippen molar-refractivity contribution >= 4 is 6.08 Å². The molecule has 2 heteroatoms. The summed E-state index contributed by atoms with van der Waals surface area (Å²) in [5.41, 5.74) is 0. The second-order valence-electron chi connectivity index (χ2n) is 4.61. The van der Waals surface area contributed by atoms with Crippen LogP contribution in [0.5, 0.6) is 0 Å². The Kier molecular flexibility index (Phi) is 3.68. The van der Waals surface area contributed by atoms with Gasteiger partial charge in [0.15, 0.2) is 0 Å². The van der Waals surface area contributed by atoms with Crippen LogP contribution >= 0.6 is 0 Å². The number of isocyanates is 1. The molecule has 2 nitrogen and oxygen atoms in total. The molecule has 1 aliphatic rings. The molecule has 0 saturated heterocycles. The standard InChI is InChI=1S/C11H19NO/c1-8(2)10-5-4-9(3)6-11(10)12-7-13/h8-11H,4-6H2,1-3H3/t9-,10+,11?/m1/s1. The first-order chi connectivity index (χ1) is 6.15. The number of hydrogen-bond acceptors (Lipinski definition) is 2. The summed E-state index contributed by atoms with van der Waals surface area (Å²) < 4.78 is 0. The molecular weight excluding hydrogens is 162 g/mol. The highest BCUT2D eigenvalue weighted by Crippen LogP contribution is 2.34. The van der Waals surface area contributed by atoms with Gasteiger partial charge in [0, 0.05) is 0 Å². The number of rotatable bonds is 2. The zero-order valence-corrected chi connectivity index (χ0v) is 8.79. The Morgan fingerprint density at radius 2 is 2.08 bits per heavy atom. The number of hydrogen-bond donors (Lipinski definition) is 0. The fourth-order valence-corrected chi connectivity index (χ4v) is 2.37. The summed E-state index contributed by atoms with van der Waals surface area (Å²) >= 11 is 0. The molecular formula is C11H19NO. The molecule has 0 heterocycles. The summed E-state index contributed by atoms with van der Waals surface area (Å²) in [6, 6.07) is 0.237. The predicted molar refractivity (Wildman–Crippen MR) is 53.3 cm³/mol. The Hall–Kier alpha value is -0.620. The number of carbonyl (C=O) groups excluding carboxylic acids is 1. The van der Waals surface area contributed by atoms with Gasteiger partial charge in [0.05, 0.1) is 6.04 Å². The summed E-state index contributed by atoms with van der Waals surface area (Å²) in [5, 5.41) is 0. The van der Waals surface area contributed by atoms with Gasteiger partial charge in [-0.05, 0) is 30.6 Å². The Morgan fingerprint density at radius 1 is 1.38 bits per heavy atom. The van der Waals surface area contributed by atoms with Crippen LogP contribution in [0.1, 0.15) is 40.0 Å². The van der Waals surface area contributed by atoms with E-state index in [1.165, 1.54) is 12.8 Å². The molecule has 1 rings (SSSR count). The monoisotopic (exact) mass is 181 g/mol. The normalized spacial score (nSPS) is 34.3. The van der Waals surface area contributed by atoms with Crippen molar-refractivity contribution in [3.63, 3.8) is 0 Å². The largest absolute Gasteiger partial charge is 0.235 e. The van der Waals surface area contributed by atoms with Crippen molar-refractivity contribution in [1.82, 2.24) is 0 Å². The van der Waals surface area contributed by atoms with E-state index < -0.39 is 0 Å². The van der Waals surface area contributed by atoms with Crippen molar-refractivity contribution in [2.75, 3.05) is 0 Å². The topological polar surface area (TPSA) is 29.4 Å². The molecule has 0 aromatic heterocycles. The third-order valence-corrected chi connectivity index (χ3v) is 3.21. The molecule has 0 aromatic rings. The van der Waals surface area contributed by atoms with Gasteiger partial charge in [0.25, 0.3) is 0 Å². The second-order valence-corrected chi connectivity index (χ2v) is 4.61. The zero-order chi connectivity index (χ0) is 9.84. The zero-order valence-electron chi connectivity index (χ0n) is 8.79. The molecule has 0 radical (unpaired) electrons. The predicted octanol–water partition coefficient (Wildman–Crippen LogP) is 2.78. The summed E-state index contributed by atoms with van der Waals surface area (Å²) in [4.78, 5) is 14.2. The van der Waals surface area contributed by atoms with Crippen LogP contribution in [-0.4, -0.2) is 12.1 Å². The highest BCUT2D eigenvalue weighted by atomic mass is 16.1. The fraction of sp³-hybridized carbons (Fsp3) is 0.909. The quantitative estimate of drug-likeness (QED) is 0.476. The van der Waals surface area contributed by atoms with E-state index in [4.69, 9.17) is 0 Å². The summed E-state index contributed by atoms with van der Waals surface area (Å²) in [6.45, 7) is 6.67. The summed E-state index contributed by atoms with van der Waals surface area (Å²) in [6.07, 6.45) is 5.29. The van der Waals surface area contributed by atoms with Crippen LogP contribution in [0.3, 0.4) is 0 Å². The fourth-order valence-electron chi connectivity index (χ4n) is 2.37. The maximum atomic E-state index is 10.3. The minimum absolute atomic E-state index is 0.237. The average molecular weight is 181 g/mol. The molecule has 0 aromatic carbocycles. The van der Waals surface area contributed by atoms with E-state index >= 15 is 0 Å².